The zero-order valence-corrected chi connectivity index (χ0v) is 36.5. The van der Waals surface area contributed by atoms with E-state index in [-0.39, 0.29) is 6.04 Å². The van der Waals surface area contributed by atoms with E-state index in [1.807, 2.05) is 6.07 Å². The Morgan fingerprint density at radius 2 is 0.787 bits per heavy atom. The number of benzene rings is 1. The molecule has 0 aliphatic heterocycles. The summed E-state index contributed by atoms with van der Waals surface area (Å²) >= 11 is 0. The van der Waals surface area contributed by atoms with Crippen LogP contribution in [0.15, 0.2) is 59.1 Å². The molecule has 0 saturated carbocycles. The SMILES string of the molecule is CC(CCc1ccccc1)N=NN=P(N=P(N(C)C)(N(C)C)N(C)C)(N=P(N(C)C)(N(C)C)N(C)C)N=P(N(C)C)(N(C)C)N(C)C. The van der Waals surface area contributed by atoms with E-state index in [9.17, 15) is 0 Å². The second-order valence-electron chi connectivity index (χ2n) is 13.2. The summed E-state index contributed by atoms with van der Waals surface area (Å²) in [6.45, 7) is 2.08. The largest absolute Gasteiger partial charge is 0.331 e. The Bertz CT molecular complexity index is 1170. The second kappa shape index (κ2) is 18.6. The molecular formula is C28H67N15P4. The molecule has 1 aromatic rings. The molecule has 0 fully saturated rings. The summed E-state index contributed by atoms with van der Waals surface area (Å²) in [5, 5.41) is 9.39. The minimum absolute atomic E-state index is 0.0517. The second-order valence-corrected chi connectivity index (χ2v) is 27.0. The Hall–Kier alpha value is -0.620. The first-order chi connectivity index (χ1) is 21.6. The van der Waals surface area contributed by atoms with Crippen LogP contribution >= 0.6 is 30.0 Å². The van der Waals surface area contributed by atoms with E-state index in [1.165, 1.54) is 5.56 Å². The molecule has 0 spiro atoms. The van der Waals surface area contributed by atoms with Gasteiger partial charge in [-0.05, 0) is 157 Å². The average molecular weight is 738 g/mol. The van der Waals surface area contributed by atoms with Crippen molar-refractivity contribution < 1.29 is 0 Å². The lowest BCUT2D eigenvalue weighted by Crippen LogP contribution is -2.32. The van der Waals surface area contributed by atoms with Crippen LogP contribution < -0.4 is 0 Å². The third kappa shape index (κ3) is 10.2. The van der Waals surface area contributed by atoms with Crippen LogP contribution in [-0.2, 0) is 6.42 Å². The van der Waals surface area contributed by atoms with Gasteiger partial charge in [0, 0.05) is 0 Å². The summed E-state index contributed by atoms with van der Waals surface area (Å²) in [4.78, 5) is 5.16. The fourth-order valence-electron chi connectivity index (χ4n) is 5.77. The van der Waals surface area contributed by atoms with Crippen LogP contribution in [0.3, 0.4) is 0 Å². The van der Waals surface area contributed by atoms with Crippen molar-refractivity contribution in [1.29, 1.82) is 0 Å². The molecule has 0 bridgehead atoms. The highest BCUT2D eigenvalue weighted by molar-refractivity contribution is 7.80. The third-order valence-electron chi connectivity index (χ3n) is 7.65. The molecule has 0 radical (unpaired) electrons. The summed E-state index contributed by atoms with van der Waals surface area (Å²) in [5.41, 5.74) is 1.28. The van der Waals surface area contributed by atoms with E-state index in [0.29, 0.717) is 0 Å². The molecule has 0 amide bonds. The lowest BCUT2D eigenvalue weighted by atomic mass is 10.1. The number of nitrogens with zero attached hydrogens (tertiary/aromatic N) is 15. The minimum atomic E-state index is -3.47. The van der Waals surface area contributed by atoms with E-state index < -0.39 is 30.0 Å². The highest BCUT2D eigenvalue weighted by Gasteiger charge is 2.41. The molecule has 0 aliphatic rings. The number of hydrogen-bond acceptors (Lipinski definition) is 1. The van der Waals surface area contributed by atoms with Crippen molar-refractivity contribution in [1.82, 2.24) is 42.0 Å². The summed E-state index contributed by atoms with van der Waals surface area (Å²) in [6.07, 6.45) is 1.75. The van der Waals surface area contributed by atoms with Gasteiger partial charge in [0.1, 0.15) is 0 Å². The predicted molar refractivity (Wildman–Crippen MR) is 210 cm³/mol. The molecule has 0 heterocycles. The molecule has 0 aromatic heterocycles. The van der Waals surface area contributed by atoms with Crippen LogP contribution in [0.4, 0.5) is 0 Å². The van der Waals surface area contributed by atoms with Crippen molar-refractivity contribution in [3.8, 4) is 0 Å². The molecule has 15 nitrogen and oxygen atoms in total. The van der Waals surface area contributed by atoms with Crippen molar-refractivity contribution in [2.45, 2.75) is 25.8 Å². The molecular weight excluding hydrogens is 670 g/mol. The van der Waals surface area contributed by atoms with Gasteiger partial charge in [-0.15, -0.1) is 0 Å². The van der Waals surface area contributed by atoms with Crippen LogP contribution in [0.2, 0.25) is 0 Å². The maximum absolute atomic E-state index is 5.83. The first-order valence-corrected chi connectivity index (χ1v) is 22.1. The van der Waals surface area contributed by atoms with Crippen molar-refractivity contribution in [3.63, 3.8) is 0 Å². The lowest BCUT2D eigenvalue weighted by Gasteiger charge is -2.45. The Kier molecular flexibility index (Phi) is 17.5. The van der Waals surface area contributed by atoms with Crippen LogP contribution in [-0.4, -0.2) is 175 Å². The monoisotopic (exact) mass is 737 g/mol. The molecule has 0 saturated heterocycles. The lowest BCUT2D eigenvalue weighted by molar-refractivity contribution is 0.472. The maximum Gasteiger partial charge on any atom is 0.331 e. The van der Waals surface area contributed by atoms with Gasteiger partial charge in [0.15, 0.2) is 22.5 Å². The van der Waals surface area contributed by atoms with Crippen molar-refractivity contribution in [2.24, 2.45) is 28.7 Å². The summed E-state index contributed by atoms with van der Waals surface area (Å²) in [6, 6.07) is 10.4. The van der Waals surface area contributed by atoms with Gasteiger partial charge < -0.3 is 0 Å². The third-order valence-corrected chi connectivity index (χ3v) is 23.4. The highest BCUT2D eigenvalue weighted by atomic mass is 31.3. The number of hydrogen-bond donors (Lipinski definition) is 0. The Balaban J connectivity index is 4.69. The predicted octanol–water partition coefficient (Wildman–Crippen LogP) is 7.21. The first-order valence-electron chi connectivity index (χ1n) is 15.7. The van der Waals surface area contributed by atoms with Crippen molar-refractivity contribution in [2.75, 3.05) is 127 Å². The molecule has 1 aromatic carbocycles. The van der Waals surface area contributed by atoms with Crippen molar-refractivity contribution >= 4 is 30.0 Å². The molecule has 1 unspecified atom stereocenters. The van der Waals surface area contributed by atoms with Gasteiger partial charge in [0.2, 0.25) is 0 Å². The molecule has 1 atom stereocenters. The summed E-state index contributed by atoms with van der Waals surface area (Å²) < 4.78 is 37.2. The zero-order valence-electron chi connectivity index (χ0n) is 32.9. The first kappa shape index (κ1) is 44.4. The zero-order chi connectivity index (χ0) is 36.5. The molecule has 47 heavy (non-hydrogen) atoms. The summed E-state index contributed by atoms with van der Waals surface area (Å²) in [5.74, 6) is 0. The Morgan fingerprint density at radius 1 is 0.489 bits per heavy atom. The van der Waals surface area contributed by atoms with Crippen LogP contribution in [0.5, 0.6) is 0 Å². The van der Waals surface area contributed by atoms with E-state index in [0.717, 1.165) is 12.8 Å². The standard InChI is InChI=1S/C28H67N15P4/c1-27(25-26-28-23-21-20-22-24-28)29-30-31-44(32-45(35(2)3,36(4)5)37(6)7,33-46(38(8)9,39(10)11)40(12)13)34-47(41(14)15,42(16)17)43(18)19/h20-24,27H,25-26H2,1-19H3. The smallest absolute Gasteiger partial charge is 0.252 e. The van der Waals surface area contributed by atoms with Gasteiger partial charge in [-0.3, -0.25) is 42.0 Å². The van der Waals surface area contributed by atoms with Crippen molar-refractivity contribution in [3.05, 3.63) is 35.9 Å². The Labute approximate surface area is 288 Å². The number of rotatable bonds is 17. The van der Waals surface area contributed by atoms with E-state index in [4.69, 9.17) is 23.5 Å². The average Bonchev–Trinajstić information content (AvgIpc) is 2.95. The maximum atomic E-state index is 5.83. The molecule has 1 rings (SSSR count). The fourth-order valence-corrected chi connectivity index (χ4v) is 23.8. The van der Waals surface area contributed by atoms with Crippen LogP contribution in [0.25, 0.3) is 0 Å². The molecule has 0 aliphatic carbocycles. The minimum Gasteiger partial charge on any atom is -0.252 e. The van der Waals surface area contributed by atoms with Gasteiger partial charge in [0.25, 0.3) is 0 Å². The van der Waals surface area contributed by atoms with Gasteiger partial charge in [-0.25, -0.2) is 0 Å². The van der Waals surface area contributed by atoms with Gasteiger partial charge in [-0.1, -0.05) is 35.2 Å². The quantitative estimate of drug-likeness (QED) is 0.0932. The van der Waals surface area contributed by atoms with Crippen LogP contribution in [0.1, 0.15) is 18.9 Å². The van der Waals surface area contributed by atoms with E-state index in [2.05, 4.69) is 205 Å². The normalized spacial score (nSPS) is 14.7. The Morgan fingerprint density at radius 3 is 1.06 bits per heavy atom. The molecule has 274 valence electrons. The van der Waals surface area contributed by atoms with Gasteiger partial charge in [-0.2, -0.15) is 18.7 Å². The topological polar surface area (TPSA) is 103 Å². The van der Waals surface area contributed by atoms with E-state index in [1.54, 1.807) is 0 Å². The molecule has 19 heteroatoms. The highest BCUT2D eigenvalue weighted by Crippen LogP contribution is 2.78. The van der Waals surface area contributed by atoms with Crippen LogP contribution in [0, 0.1) is 0 Å². The van der Waals surface area contributed by atoms with Gasteiger partial charge in [0.05, 0.1) is 6.04 Å². The number of aryl methyl sites for hydroxylation is 1. The summed E-state index contributed by atoms with van der Waals surface area (Å²) in [7, 11) is 26.0. The van der Waals surface area contributed by atoms with Gasteiger partial charge >= 0.3 is 7.51 Å². The molecule has 0 N–H and O–H groups in total. The van der Waals surface area contributed by atoms with E-state index >= 15 is 0 Å². The fraction of sp³-hybridized carbons (Fsp3) is 0.786.